The lowest BCUT2D eigenvalue weighted by atomic mass is 10.2. The second-order valence-electron chi connectivity index (χ2n) is 6.10. The van der Waals surface area contributed by atoms with Gasteiger partial charge < -0.3 is 18.6 Å². The van der Waals surface area contributed by atoms with Gasteiger partial charge in [0.15, 0.2) is 18.1 Å². The Balaban J connectivity index is 1.70. The minimum absolute atomic E-state index is 0.0967. The van der Waals surface area contributed by atoms with E-state index in [-0.39, 0.29) is 29.2 Å². The first-order chi connectivity index (χ1) is 13.5. The molecule has 3 rings (SSSR count). The zero-order valence-electron chi connectivity index (χ0n) is 15.6. The number of carbonyl (C=O) groups excluding carboxylic acids is 1. The number of carbonyl (C=O) groups is 1. The fourth-order valence-corrected chi connectivity index (χ4v) is 2.66. The van der Waals surface area contributed by atoms with E-state index in [0.29, 0.717) is 17.4 Å². The van der Waals surface area contributed by atoms with Crippen LogP contribution < -0.4 is 9.47 Å². The van der Waals surface area contributed by atoms with Gasteiger partial charge in [-0.15, -0.1) is 10.2 Å². The minimum atomic E-state index is -0.601. The van der Waals surface area contributed by atoms with Crippen molar-refractivity contribution in [3.8, 4) is 23.0 Å². The standard InChI is InChI=1S/C20H19ClN2O5/c1-12(2)27-18-15(21)9-14(10-16(18)25-3)20(24)26-11-17-22-23-19(28-17)13-7-5-4-6-8-13/h4-10,12H,11H2,1-3H3. The van der Waals surface area contributed by atoms with Crippen LogP contribution in [0.25, 0.3) is 11.5 Å². The van der Waals surface area contributed by atoms with Gasteiger partial charge in [0.05, 0.1) is 23.8 Å². The third-order valence-electron chi connectivity index (χ3n) is 3.63. The Kier molecular flexibility index (Phi) is 6.16. The van der Waals surface area contributed by atoms with Gasteiger partial charge in [-0.3, -0.25) is 0 Å². The Bertz CT molecular complexity index is 956. The largest absolute Gasteiger partial charge is 0.493 e. The van der Waals surface area contributed by atoms with E-state index in [1.807, 2.05) is 44.2 Å². The summed E-state index contributed by atoms with van der Waals surface area (Å²) in [6.45, 7) is 3.57. The van der Waals surface area contributed by atoms with Gasteiger partial charge in [-0.25, -0.2) is 4.79 Å². The molecule has 8 heteroatoms. The second kappa shape index (κ2) is 8.75. The molecule has 0 atom stereocenters. The monoisotopic (exact) mass is 402 g/mol. The second-order valence-corrected chi connectivity index (χ2v) is 6.51. The van der Waals surface area contributed by atoms with Gasteiger partial charge in [-0.2, -0.15) is 0 Å². The Morgan fingerprint density at radius 2 is 1.93 bits per heavy atom. The molecule has 0 aliphatic rings. The molecule has 7 nitrogen and oxygen atoms in total. The molecule has 0 N–H and O–H groups in total. The van der Waals surface area contributed by atoms with Crippen molar-refractivity contribution >= 4 is 17.6 Å². The summed E-state index contributed by atoms with van der Waals surface area (Å²) in [7, 11) is 1.47. The van der Waals surface area contributed by atoms with Crippen LogP contribution in [0.5, 0.6) is 11.5 Å². The van der Waals surface area contributed by atoms with Crippen molar-refractivity contribution in [1.29, 1.82) is 0 Å². The molecule has 0 saturated carbocycles. The van der Waals surface area contributed by atoms with Crippen molar-refractivity contribution in [3.05, 3.63) is 58.9 Å². The molecule has 1 aromatic heterocycles. The molecule has 0 bridgehead atoms. The summed E-state index contributed by atoms with van der Waals surface area (Å²) in [6.07, 6.45) is -0.0967. The normalized spacial score (nSPS) is 10.8. The van der Waals surface area contributed by atoms with Gasteiger partial charge in [0.1, 0.15) is 0 Å². The van der Waals surface area contributed by atoms with Crippen LogP contribution in [0.15, 0.2) is 46.9 Å². The molecule has 146 valence electrons. The first-order valence-electron chi connectivity index (χ1n) is 8.57. The maximum absolute atomic E-state index is 12.4. The molecule has 0 amide bonds. The Morgan fingerprint density at radius 1 is 1.18 bits per heavy atom. The van der Waals surface area contributed by atoms with E-state index in [4.69, 9.17) is 30.2 Å². The van der Waals surface area contributed by atoms with Crippen LogP contribution in [-0.4, -0.2) is 29.4 Å². The van der Waals surface area contributed by atoms with Crippen molar-refractivity contribution in [1.82, 2.24) is 10.2 Å². The number of esters is 1. The molecule has 3 aromatic rings. The summed E-state index contributed by atoms with van der Waals surface area (Å²) in [6, 6.07) is 12.3. The fourth-order valence-electron chi connectivity index (χ4n) is 2.41. The first-order valence-corrected chi connectivity index (χ1v) is 8.95. The van der Waals surface area contributed by atoms with E-state index in [9.17, 15) is 4.79 Å². The zero-order chi connectivity index (χ0) is 20.1. The van der Waals surface area contributed by atoms with Crippen molar-refractivity contribution in [3.63, 3.8) is 0 Å². The number of rotatable bonds is 7. The first kappa shape index (κ1) is 19.7. The van der Waals surface area contributed by atoms with Crippen LogP contribution in [0.2, 0.25) is 5.02 Å². The van der Waals surface area contributed by atoms with Crippen molar-refractivity contribution in [2.24, 2.45) is 0 Å². The van der Waals surface area contributed by atoms with Crippen molar-refractivity contribution in [2.45, 2.75) is 26.6 Å². The van der Waals surface area contributed by atoms with E-state index < -0.39 is 5.97 Å². The molecule has 0 spiro atoms. The van der Waals surface area contributed by atoms with Gasteiger partial charge in [0.2, 0.25) is 5.89 Å². The van der Waals surface area contributed by atoms with Crippen LogP contribution >= 0.6 is 11.6 Å². The number of hydrogen-bond donors (Lipinski definition) is 0. The highest BCUT2D eigenvalue weighted by atomic mass is 35.5. The van der Waals surface area contributed by atoms with E-state index in [1.54, 1.807) is 0 Å². The average molecular weight is 403 g/mol. The Hall–Kier alpha value is -3.06. The van der Waals surface area contributed by atoms with E-state index in [0.717, 1.165) is 5.56 Å². The van der Waals surface area contributed by atoms with Crippen LogP contribution in [0.4, 0.5) is 0 Å². The quantitative estimate of drug-likeness (QED) is 0.536. The minimum Gasteiger partial charge on any atom is -0.493 e. The lowest BCUT2D eigenvalue weighted by Gasteiger charge is -2.16. The van der Waals surface area contributed by atoms with Crippen LogP contribution in [0.1, 0.15) is 30.1 Å². The molecular weight excluding hydrogens is 384 g/mol. The van der Waals surface area contributed by atoms with Gasteiger partial charge in [0.25, 0.3) is 5.89 Å². The summed E-state index contributed by atoms with van der Waals surface area (Å²) in [5.74, 6) is 0.657. The summed E-state index contributed by atoms with van der Waals surface area (Å²) in [4.78, 5) is 12.4. The lowest BCUT2D eigenvalue weighted by Crippen LogP contribution is -2.09. The Morgan fingerprint density at radius 3 is 2.61 bits per heavy atom. The van der Waals surface area contributed by atoms with Crippen LogP contribution in [0.3, 0.4) is 0 Å². The zero-order valence-corrected chi connectivity index (χ0v) is 16.4. The number of nitrogens with zero attached hydrogens (tertiary/aromatic N) is 2. The van der Waals surface area contributed by atoms with Gasteiger partial charge in [0, 0.05) is 5.56 Å². The number of methoxy groups -OCH3 is 1. The molecule has 0 unspecified atom stereocenters. The number of aromatic nitrogens is 2. The van der Waals surface area contributed by atoms with E-state index in [2.05, 4.69) is 10.2 Å². The molecule has 0 fully saturated rings. The number of hydrogen-bond acceptors (Lipinski definition) is 7. The van der Waals surface area contributed by atoms with Gasteiger partial charge in [-0.05, 0) is 38.1 Å². The topological polar surface area (TPSA) is 83.7 Å². The van der Waals surface area contributed by atoms with Gasteiger partial charge in [-0.1, -0.05) is 29.8 Å². The fraction of sp³-hybridized carbons (Fsp3) is 0.250. The highest BCUT2D eigenvalue weighted by Crippen LogP contribution is 2.37. The molecule has 28 heavy (non-hydrogen) atoms. The predicted octanol–water partition coefficient (Wildman–Crippen LogP) is 4.54. The Labute approximate surface area is 167 Å². The molecular formula is C20H19ClN2O5. The molecule has 0 saturated heterocycles. The SMILES string of the molecule is COc1cc(C(=O)OCc2nnc(-c3ccccc3)o2)cc(Cl)c1OC(C)C. The summed E-state index contributed by atoms with van der Waals surface area (Å²) in [5, 5.41) is 8.10. The lowest BCUT2D eigenvalue weighted by molar-refractivity contribution is 0.0438. The summed E-state index contributed by atoms with van der Waals surface area (Å²) < 4.78 is 21.7. The molecule has 1 heterocycles. The van der Waals surface area contributed by atoms with Crippen molar-refractivity contribution in [2.75, 3.05) is 7.11 Å². The highest BCUT2D eigenvalue weighted by molar-refractivity contribution is 6.32. The average Bonchev–Trinajstić information content (AvgIpc) is 3.17. The third-order valence-corrected chi connectivity index (χ3v) is 3.91. The third kappa shape index (κ3) is 4.61. The number of benzene rings is 2. The maximum Gasteiger partial charge on any atom is 0.338 e. The molecule has 2 aromatic carbocycles. The van der Waals surface area contributed by atoms with Gasteiger partial charge >= 0.3 is 5.97 Å². The predicted molar refractivity (Wildman–Crippen MR) is 103 cm³/mol. The summed E-state index contributed by atoms with van der Waals surface area (Å²) in [5.41, 5.74) is 1.01. The molecule has 0 aliphatic heterocycles. The number of halogens is 1. The molecule has 0 radical (unpaired) electrons. The van der Waals surface area contributed by atoms with Crippen molar-refractivity contribution < 1.29 is 23.4 Å². The van der Waals surface area contributed by atoms with Crippen LogP contribution in [0, 0.1) is 0 Å². The highest BCUT2D eigenvalue weighted by Gasteiger charge is 2.19. The van der Waals surface area contributed by atoms with E-state index >= 15 is 0 Å². The van der Waals surface area contributed by atoms with Crippen LogP contribution in [-0.2, 0) is 11.3 Å². The smallest absolute Gasteiger partial charge is 0.338 e. The molecule has 0 aliphatic carbocycles. The maximum atomic E-state index is 12.4. The summed E-state index contributed by atoms with van der Waals surface area (Å²) >= 11 is 6.24. The van der Waals surface area contributed by atoms with E-state index in [1.165, 1.54) is 19.2 Å². The number of ether oxygens (including phenoxy) is 3.